The largest absolute Gasteiger partial charge is 0.456 e. The maximum absolute atomic E-state index is 12.6. The molecule has 0 aliphatic carbocycles. The van der Waals surface area contributed by atoms with Crippen LogP contribution in [-0.2, 0) is 29.1 Å². The van der Waals surface area contributed by atoms with Crippen molar-refractivity contribution >= 4 is 33.4 Å². The molecular formula is C18H24N2O6S. The maximum atomic E-state index is 12.6. The number of hydrogen-bond donors (Lipinski definition) is 1. The second kappa shape index (κ2) is 9.61. The van der Waals surface area contributed by atoms with E-state index < -0.39 is 28.5 Å². The van der Waals surface area contributed by atoms with Crippen molar-refractivity contribution in [3.63, 3.8) is 0 Å². The van der Waals surface area contributed by atoms with E-state index in [0.29, 0.717) is 18.8 Å². The maximum Gasteiger partial charge on any atom is 0.306 e. The SMILES string of the molecule is CC(=O)CCC(=O)OCC(=O)Nc1ccc(S(=O)(=O)N2CCCCC2)cc1. The van der Waals surface area contributed by atoms with Gasteiger partial charge in [0.25, 0.3) is 5.91 Å². The van der Waals surface area contributed by atoms with Gasteiger partial charge in [0.1, 0.15) is 5.78 Å². The van der Waals surface area contributed by atoms with Gasteiger partial charge >= 0.3 is 5.97 Å². The van der Waals surface area contributed by atoms with Gasteiger partial charge in [-0.15, -0.1) is 0 Å². The molecule has 0 bridgehead atoms. The lowest BCUT2D eigenvalue weighted by molar-refractivity contribution is -0.148. The van der Waals surface area contributed by atoms with E-state index in [0.717, 1.165) is 19.3 Å². The molecule has 1 aromatic rings. The molecule has 1 aliphatic heterocycles. The minimum Gasteiger partial charge on any atom is -0.456 e. The quantitative estimate of drug-likeness (QED) is 0.670. The van der Waals surface area contributed by atoms with Crippen molar-refractivity contribution in [3.8, 4) is 0 Å². The molecule has 1 aromatic carbocycles. The summed E-state index contributed by atoms with van der Waals surface area (Å²) in [5, 5.41) is 2.53. The summed E-state index contributed by atoms with van der Waals surface area (Å²) in [4.78, 5) is 34.2. The van der Waals surface area contributed by atoms with Crippen molar-refractivity contribution in [1.82, 2.24) is 4.31 Å². The molecular weight excluding hydrogens is 372 g/mol. The van der Waals surface area contributed by atoms with E-state index in [1.54, 1.807) is 0 Å². The Kier molecular flexibility index (Phi) is 7.49. The number of esters is 1. The van der Waals surface area contributed by atoms with E-state index in [9.17, 15) is 22.8 Å². The lowest BCUT2D eigenvalue weighted by Gasteiger charge is -2.25. The highest BCUT2D eigenvalue weighted by molar-refractivity contribution is 7.89. The Labute approximate surface area is 158 Å². The number of benzene rings is 1. The van der Waals surface area contributed by atoms with Gasteiger partial charge in [0.05, 0.1) is 11.3 Å². The number of anilines is 1. The summed E-state index contributed by atoms with van der Waals surface area (Å²) in [6, 6.07) is 5.87. The fraction of sp³-hybridized carbons (Fsp3) is 0.500. The van der Waals surface area contributed by atoms with Crippen LogP contribution in [0.25, 0.3) is 0 Å². The fourth-order valence-corrected chi connectivity index (χ4v) is 4.18. The van der Waals surface area contributed by atoms with E-state index >= 15 is 0 Å². The summed E-state index contributed by atoms with van der Waals surface area (Å²) < 4.78 is 31.4. The Morgan fingerprint density at radius 2 is 1.67 bits per heavy atom. The monoisotopic (exact) mass is 396 g/mol. The summed E-state index contributed by atoms with van der Waals surface area (Å²) in [5.74, 6) is -1.29. The minimum atomic E-state index is -3.52. The number of sulfonamides is 1. The molecule has 0 spiro atoms. The first-order valence-corrected chi connectivity index (χ1v) is 10.3. The number of amides is 1. The number of ketones is 1. The second-order valence-electron chi connectivity index (χ2n) is 6.40. The van der Waals surface area contributed by atoms with Gasteiger partial charge in [-0.3, -0.25) is 9.59 Å². The zero-order chi connectivity index (χ0) is 19.9. The van der Waals surface area contributed by atoms with Crippen LogP contribution in [0.5, 0.6) is 0 Å². The van der Waals surface area contributed by atoms with E-state index in [-0.39, 0.29) is 23.5 Å². The third-order valence-corrected chi connectivity index (χ3v) is 6.05. The van der Waals surface area contributed by atoms with E-state index in [4.69, 9.17) is 4.74 Å². The van der Waals surface area contributed by atoms with Crippen LogP contribution in [0.2, 0.25) is 0 Å². The van der Waals surface area contributed by atoms with E-state index in [1.807, 2.05) is 0 Å². The summed E-state index contributed by atoms with van der Waals surface area (Å²) in [5.41, 5.74) is 0.400. The average Bonchev–Trinajstić information content (AvgIpc) is 2.66. The molecule has 27 heavy (non-hydrogen) atoms. The molecule has 0 atom stereocenters. The third kappa shape index (κ3) is 6.44. The van der Waals surface area contributed by atoms with Crippen LogP contribution in [0.15, 0.2) is 29.2 Å². The van der Waals surface area contributed by atoms with Gasteiger partial charge < -0.3 is 14.8 Å². The van der Waals surface area contributed by atoms with Gasteiger partial charge in [-0.25, -0.2) is 8.42 Å². The van der Waals surface area contributed by atoms with Crippen molar-refractivity contribution in [2.24, 2.45) is 0 Å². The van der Waals surface area contributed by atoms with Crippen molar-refractivity contribution < 1.29 is 27.5 Å². The van der Waals surface area contributed by atoms with Gasteiger partial charge in [0.15, 0.2) is 6.61 Å². The minimum absolute atomic E-state index is 0.0638. The Morgan fingerprint density at radius 1 is 1.04 bits per heavy atom. The Bertz CT molecular complexity index is 783. The lowest BCUT2D eigenvalue weighted by atomic mass is 10.2. The van der Waals surface area contributed by atoms with Gasteiger partial charge in [-0.1, -0.05) is 6.42 Å². The topological polar surface area (TPSA) is 110 Å². The van der Waals surface area contributed by atoms with Crippen LogP contribution < -0.4 is 5.32 Å². The molecule has 1 aliphatic rings. The van der Waals surface area contributed by atoms with Crippen LogP contribution in [-0.4, -0.2) is 50.1 Å². The molecule has 9 heteroatoms. The lowest BCUT2D eigenvalue weighted by Crippen LogP contribution is -2.35. The summed E-state index contributed by atoms with van der Waals surface area (Å²) in [6.45, 7) is 1.95. The summed E-state index contributed by atoms with van der Waals surface area (Å²) in [6.07, 6.45) is 2.77. The first kappa shape index (κ1) is 21.0. The summed E-state index contributed by atoms with van der Waals surface area (Å²) in [7, 11) is -3.52. The number of piperidine rings is 1. The first-order valence-electron chi connectivity index (χ1n) is 8.84. The smallest absolute Gasteiger partial charge is 0.306 e. The van der Waals surface area contributed by atoms with Crippen molar-refractivity contribution in [1.29, 1.82) is 0 Å². The highest BCUT2D eigenvalue weighted by Gasteiger charge is 2.25. The Hall–Kier alpha value is -2.26. The molecule has 1 N–H and O–H groups in total. The number of ether oxygens (including phenoxy) is 1. The molecule has 0 unspecified atom stereocenters. The zero-order valence-electron chi connectivity index (χ0n) is 15.3. The van der Waals surface area contributed by atoms with Crippen molar-refractivity contribution in [2.75, 3.05) is 25.0 Å². The highest BCUT2D eigenvalue weighted by Crippen LogP contribution is 2.21. The Balaban J connectivity index is 1.86. The Morgan fingerprint density at radius 3 is 2.26 bits per heavy atom. The van der Waals surface area contributed by atoms with Crippen LogP contribution in [0.1, 0.15) is 39.0 Å². The molecule has 8 nitrogen and oxygen atoms in total. The number of Topliss-reactive ketones (excluding diaryl/α,β-unsaturated/α-hetero) is 1. The van der Waals surface area contributed by atoms with Crippen LogP contribution >= 0.6 is 0 Å². The second-order valence-corrected chi connectivity index (χ2v) is 8.34. The van der Waals surface area contributed by atoms with Gasteiger partial charge in [0.2, 0.25) is 10.0 Å². The molecule has 0 aromatic heterocycles. The molecule has 1 amide bonds. The third-order valence-electron chi connectivity index (χ3n) is 4.14. The molecule has 0 radical (unpaired) electrons. The van der Waals surface area contributed by atoms with Crippen LogP contribution in [0.3, 0.4) is 0 Å². The fourth-order valence-electron chi connectivity index (χ4n) is 2.66. The summed E-state index contributed by atoms with van der Waals surface area (Å²) >= 11 is 0. The predicted molar refractivity (Wildman–Crippen MR) is 98.6 cm³/mol. The number of rotatable bonds is 8. The van der Waals surface area contributed by atoms with Gasteiger partial charge in [0, 0.05) is 25.2 Å². The van der Waals surface area contributed by atoms with Crippen LogP contribution in [0, 0.1) is 0 Å². The molecule has 1 fully saturated rings. The standard InChI is InChI=1S/C18H24N2O6S/c1-14(21)5-10-18(23)26-13-17(22)19-15-6-8-16(9-7-15)27(24,25)20-11-3-2-4-12-20/h6-9H,2-5,10-13H2,1H3,(H,19,22). The highest BCUT2D eigenvalue weighted by atomic mass is 32.2. The molecule has 2 rings (SSSR count). The average molecular weight is 396 g/mol. The number of carbonyl (C=O) groups is 3. The van der Waals surface area contributed by atoms with E-state index in [2.05, 4.69) is 5.32 Å². The number of hydrogen-bond acceptors (Lipinski definition) is 6. The van der Waals surface area contributed by atoms with Crippen molar-refractivity contribution in [3.05, 3.63) is 24.3 Å². The number of carbonyl (C=O) groups excluding carboxylic acids is 3. The first-order chi connectivity index (χ1) is 12.8. The normalized spacial score (nSPS) is 15.1. The van der Waals surface area contributed by atoms with Gasteiger partial charge in [-0.05, 0) is 44.0 Å². The van der Waals surface area contributed by atoms with Gasteiger partial charge in [-0.2, -0.15) is 4.31 Å². The molecule has 148 valence electrons. The van der Waals surface area contributed by atoms with E-state index in [1.165, 1.54) is 35.5 Å². The molecule has 1 heterocycles. The number of nitrogens with zero attached hydrogens (tertiary/aromatic N) is 1. The zero-order valence-corrected chi connectivity index (χ0v) is 16.1. The van der Waals surface area contributed by atoms with Crippen molar-refractivity contribution in [2.45, 2.75) is 43.9 Å². The van der Waals surface area contributed by atoms with Crippen LogP contribution in [0.4, 0.5) is 5.69 Å². The molecule has 1 saturated heterocycles. The number of nitrogens with one attached hydrogen (secondary N) is 1. The molecule has 0 saturated carbocycles. The predicted octanol–water partition coefficient (Wildman–Crippen LogP) is 1.71.